The summed E-state index contributed by atoms with van der Waals surface area (Å²) in [6.07, 6.45) is 1.19. The van der Waals surface area contributed by atoms with Gasteiger partial charge in [-0.25, -0.2) is 0 Å². The van der Waals surface area contributed by atoms with Gasteiger partial charge in [0, 0.05) is 5.92 Å². The third-order valence-corrected chi connectivity index (χ3v) is 3.29. The molecule has 3 nitrogen and oxygen atoms in total. The topological polar surface area (TPSA) is 46.5 Å². The zero-order chi connectivity index (χ0) is 15.2. The molecule has 1 N–H and O–H groups in total. The average molecular weight is 278 g/mol. The lowest BCUT2D eigenvalue weighted by Gasteiger charge is -2.24. The molecule has 2 atom stereocenters. The molecule has 0 aliphatic rings. The first-order valence-electron chi connectivity index (χ1n) is 7.26. The van der Waals surface area contributed by atoms with Crippen LogP contribution in [0.5, 0.6) is 0 Å². The zero-order valence-electron chi connectivity index (χ0n) is 12.9. The van der Waals surface area contributed by atoms with Gasteiger partial charge in [-0.2, -0.15) is 0 Å². The molecule has 0 heterocycles. The molecular weight excluding hydrogens is 252 g/mol. The van der Waals surface area contributed by atoms with Crippen molar-refractivity contribution in [2.75, 3.05) is 6.61 Å². The fourth-order valence-electron chi connectivity index (χ4n) is 2.09. The fourth-order valence-corrected chi connectivity index (χ4v) is 2.09. The van der Waals surface area contributed by atoms with Crippen LogP contribution in [0.1, 0.15) is 52.0 Å². The van der Waals surface area contributed by atoms with Crippen molar-refractivity contribution in [2.24, 2.45) is 5.41 Å². The molecule has 0 aliphatic heterocycles. The lowest BCUT2D eigenvalue weighted by atomic mass is 9.89. The highest BCUT2D eigenvalue weighted by Gasteiger charge is 2.26. The number of aliphatic hydroxyl groups is 1. The summed E-state index contributed by atoms with van der Waals surface area (Å²) < 4.78 is 5.23. The Morgan fingerprint density at radius 1 is 1.25 bits per heavy atom. The van der Waals surface area contributed by atoms with Gasteiger partial charge in [-0.15, -0.1) is 0 Å². The highest BCUT2D eigenvalue weighted by Crippen LogP contribution is 2.26. The van der Waals surface area contributed by atoms with Gasteiger partial charge in [0.25, 0.3) is 0 Å². The first-order valence-corrected chi connectivity index (χ1v) is 7.26. The Balaban J connectivity index is 2.66. The summed E-state index contributed by atoms with van der Waals surface area (Å²) >= 11 is 0. The van der Waals surface area contributed by atoms with E-state index < -0.39 is 11.5 Å². The van der Waals surface area contributed by atoms with E-state index >= 15 is 0 Å². The van der Waals surface area contributed by atoms with Crippen LogP contribution in [0.15, 0.2) is 30.3 Å². The SMILES string of the molecule is CCC[C@H](c1ccccc1)[C@H](O)COC(=O)C(C)(C)C. The molecule has 20 heavy (non-hydrogen) atoms. The quantitative estimate of drug-likeness (QED) is 0.810. The van der Waals surface area contributed by atoms with Gasteiger partial charge in [-0.1, -0.05) is 43.7 Å². The lowest BCUT2D eigenvalue weighted by molar-refractivity contribution is -0.156. The molecule has 1 aromatic rings. The van der Waals surface area contributed by atoms with Gasteiger partial charge in [0.15, 0.2) is 0 Å². The van der Waals surface area contributed by atoms with Gasteiger partial charge in [-0.05, 0) is 32.8 Å². The van der Waals surface area contributed by atoms with Gasteiger partial charge >= 0.3 is 5.97 Å². The second kappa shape index (κ2) is 7.44. The van der Waals surface area contributed by atoms with Crippen molar-refractivity contribution in [1.82, 2.24) is 0 Å². The number of rotatable bonds is 6. The molecule has 0 bridgehead atoms. The Hall–Kier alpha value is -1.35. The minimum Gasteiger partial charge on any atom is -0.463 e. The third-order valence-electron chi connectivity index (χ3n) is 3.29. The minimum atomic E-state index is -0.663. The maximum absolute atomic E-state index is 11.8. The monoisotopic (exact) mass is 278 g/mol. The van der Waals surface area contributed by atoms with Crippen LogP contribution in [0.25, 0.3) is 0 Å². The predicted molar refractivity (Wildman–Crippen MR) is 80.5 cm³/mol. The Labute approximate surface area is 122 Å². The van der Waals surface area contributed by atoms with Gasteiger partial charge in [0.1, 0.15) is 6.61 Å². The van der Waals surface area contributed by atoms with Crippen LogP contribution < -0.4 is 0 Å². The maximum atomic E-state index is 11.8. The number of ether oxygens (including phenoxy) is 1. The van der Waals surface area contributed by atoms with E-state index in [1.807, 2.05) is 51.1 Å². The number of hydrogen-bond acceptors (Lipinski definition) is 3. The van der Waals surface area contributed by atoms with Gasteiger partial charge in [-0.3, -0.25) is 4.79 Å². The third kappa shape index (κ3) is 4.97. The Morgan fingerprint density at radius 2 is 1.85 bits per heavy atom. The van der Waals surface area contributed by atoms with Crippen LogP contribution in [0, 0.1) is 5.41 Å². The molecule has 0 aliphatic carbocycles. The Morgan fingerprint density at radius 3 is 2.35 bits per heavy atom. The van der Waals surface area contributed by atoms with Crippen molar-refractivity contribution in [3.8, 4) is 0 Å². The standard InChI is InChI=1S/C17H26O3/c1-5-9-14(13-10-7-6-8-11-13)15(18)12-20-16(19)17(2,3)4/h6-8,10-11,14-15,18H,5,9,12H2,1-4H3/t14-,15-/m1/s1. The summed E-state index contributed by atoms with van der Waals surface area (Å²) in [4.78, 5) is 11.8. The summed E-state index contributed by atoms with van der Waals surface area (Å²) in [7, 11) is 0. The summed E-state index contributed by atoms with van der Waals surface area (Å²) in [5, 5.41) is 10.3. The number of carbonyl (C=O) groups excluding carboxylic acids is 1. The summed E-state index contributed by atoms with van der Waals surface area (Å²) in [5.74, 6) is -0.270. The van der Waals surface area contributed by atoms with E-state index in [0.29, 0.717) is 0 Å². The van der Waals surface area contributed by atoms with Gasteiger partial charge < -0.3 is 9.84 Å². The predicted octanol–water partition coefficient (Wildman–Crippen LogP) is 3.52. The van der Waals surface area contributed by atoms with Gasteiger partial charge in [0.2, 0.25) is 0 Å². The Kier molecular flexibility index (Phi) is 6.21. The number of esters is 1. The Bertz CT molecular complexity index is 406. The number of aliphatic hydroxyl groups excluding tert-OH is 1. The van der Waals surface area contributed by atoms with Crippen molar-refractivity contribution in [3.05, 3.63) is 35.9 Å². The molecule has 3 heteroatoms. The van der Waals surface area contributed by atoms with Gasteiger partial charge in [0.05, 0.1) is 11.5 Å². The average Bonchev–Trinajstić information content (AvgIpc) is 2.41. The van der Waals surface area contributed by atoms with Crippen LogP contribution >= 0.6 is 0 Å². The molecule has 0 fully saturated rings. The van der Waals surface area contributed by atoms with Crippen molar-refractivity contribution in [3.63, 3.8) is 0 Å². The fraction of sp³-hybridized carbons (Fsp3) is 0.588. The van der Waals surface area contributed by atoms with E-state index in [1.54, 1.807) is 0 Å². The summed E-state index contributed by atoms with van der Waals surface area (Å²) in [6, 6.07) is 9.90. The number of benzene rings is 1. The number of hydrogen-bond donors (Lipinski definition) is 1. The van der Waals surface area contributed by atoms with Crippen molar-refractivity contribution < 1.29 is 14.6 Å². The molecule has 0 aromatic heterocycles. The van der Waals surface area contributed by atoms with E-state index in [2.05, 4.69) is 6.92 Å². The summed E-state index contributed by atoms with van der Waals surface area (Å²) in [6.45, 7) is 7.56. The van der Waals surface area contributed by atoms with E-state index in [0.717, 1.165) is 18.4 Å². The first kappa shape index (κ1) is 16.7. The molecule has 0 unspecified atom stereocenters. The van der Waals surface area contributed by atoms with Crippen molar-refractivity contribution in [2.45, 2.75) is 52.6 Å². The normalized spacial score (nSPS) is 14.7. The molecule has 0 saturated carbocycles. The largest absolute Gasteiger partial charge is 0.463 e. The molecule has 1 rings (SSSR count). The first-order chi connectivity index (χ1) is 9.36. The second-order valence-corrected chi connectivity index (χ2v) is 6.22. The van der Waals surface area contributed by atoms with E-state index in [1.165, 1.54) is 0 Å². The van der Waals surface area contributed by atoms with Crippen molar-refractivity contribution in [1.29, 1.82) is 0 Å². The van der Waals surface area contributed by atoms with E-state index in [4.69, 9.17) is 4.74 Å². The molecule has 1 aromatic carbocycles. The smallest absolute Gasteiger partial charge is 0.311 e. The van der Waals surface area contributed by atoms with Crippen LogP contribution in [-0.4, -0.2) is 23.8 Å². The highest BCUT2D eigenvalue weighted by atomic mass is 16.5. The highest BCUT2D eigenvalue weighted by molar-refractivity contribution is 5.75. The van der Waals surface area contributed by atoms with Crippen LogP contribution in [0.3, 0.4) is 0 Å². The zero-order valence-corrected chi connectivity index (χ0v) is 12.9. The number of carbonyl (C=O) groups is 1. The molecule has 0 amide bonds. The second-order valence-electron chi connectivity index (χ2n) is 6.22. The van der Waals surface area contributed by atoms with Crippen LogP contribution in [0.2, 0.25) is 0 Å². The summed E-state index contributed by atoms with van der Waals surface area (Å²) in [5.41, 5.74) is 0.556. The molecule has 0 spiro atoms. The maximum Gasteiger partial charge on any atom is 0.311 e. The van der Waals surface area contributed by atoms with E-state index in [9.17, 15) is 9.90 Å². The van der Waals surface area contributed by atoms with Crippen molar-refractivity contribution >= 4 is 5.97 Å². The van der Waals surface area contributed by atoms with Crippen LogP contribution in [-0.2, 0) is 9.53 Å². The molecule has 112 valence electrons. The minimum absolute atomic E-state index is 0.00830. The van der Waals surface area contributed by atoms with E-state index in [-0.39, 0.29) is 18.5 Å². The molecule has 0 saturated heterocycles. The lowest BCUT2D eigenvalue weighted by Crippen LogP contribution is -2.30. The molecular formula is C17H26O3. The van der Waals surface area contributed by atoms with Crippen LogP contribution in [0.4, 0.5) is 0 Å². The molecule has 0 radical (unpaired) electrons.